The molecule has 96 valence electrons. The molecule has 0 atom stereocenters. The minimum atomic E-state index is 0.296. The van der Waals surface area contributed by atoms with Crippen LogP contribution >= 0.6 is 27.3 Å². The molecule has 2 heterocycles. The molecule has 0 fully saturated rings. The molecular weight excluding hydrogens is 324 g/mol. The van der Waals surface area contributed by atoms with Crippen molar-refractivity contribution < 1.29 is 0 Å². The van der Waals surface area contributed by atoms with Crippen molar-refractivity contribution in [2.75, 3.05) is 11.1 Å². The number of fused-ring (bicyclic) bond motifs is 1. The largest absolute Gasteiger partial charge is 0.368 e. The van der Waals surface area contributed by atoms with E-state index in [1.807, 2.05) is 29.6 Å². The van der Waals surface area contributed by atoms with E-state index in [0.29, 0.717) is 12.5 Å². The van der Waals surface area contributed by atoms with E-state index in [1.165, 1.54) is 5.56 Å². The SMILES string of the molecule is Nc1nc(NCc2ccccc2Br)c2ccsc2n1. The number of nitrogens with one attached hydrogen (secondary N) is 1. The zero-order valence-corrected chi connectivity index (χ0v) is 12.3. The minimum absolute atomic E-state index is 0.296. The predicted octanol–water partition coefficient (Wildman–Crippen LogP) is 3.65. The van der Waals surface area contributed by atoms with Crippen molar-refractivity contribution in [3.05, 3.63) is 45.7 Å². The average Bonchev–Trinajstić information content (AvgIpc) is 2.85. The summed E-state index contributed by atoms with van der Waals surface area (Å²) in [5.74, 6) is 1.07. The molecule has 3 aromatic rings. The van der Waals surface area contributed by atoms with Crippen molar-refractivity contribution in [3.8, 4) is 0 Å². The molecule has 0 saturated heterocycles. The van der Waals surface area contributed by atoms with Gasteiger partial charge in [0.2, 0.25) is 5.95 Å². The van der Waals surface area contributed by atoms with E-state index in [0.717, 1.165) is 20.5 Å². The Morgan fingerprint density at radius 3 is 2.89 bits per heavy atom. The van der Waals surface area contributed by atoms with Gasteiger partial charge in [-0.1, -0.05) is 34.1 Å². The smallest absolute Gasteiger partial charge is 0.223 e. The van der Waals surface area contributed by atoms with Gasteiger partial charge in [0, 0.05) is 11.0 Å². The number of aromatic nitrogens is 2. The molecule has 0 radical (unpaired) electrons. The van der Waals surface area contributed by atoms with Crippen molar-refractivity contribution in [1.82, 2.24) is 9.97 Å². The Morgan fingerprint density at radius 2 is 2.05 bits per heavy atom. The molecule has 3 N–H and O–H groups in total. The first kappa shape index (κ1) is 12.4. The lowest BCUT2D eigenvalue weighted by Crippen LogP contribution is -2.05. The van der Waals surface area contributed by atoms with Crippen LogP contribution < -0.4 is 11.1 Å². The molecule has 1 aromatic carbocycles. The maximum Gasteiger partial charge on any atom is 0.223 e. The molecule has 0 unspecified atom stereocenters. The van der Waals surface area contributed by atoms with Crippen LogP contribution in [0.5, 0.6) is 0 Å². The van der Waals surface area contributed by atoms with E-state index in [4.69, 9.17) is 5.73 Å². The lowest BCUT2D eigenvalue weighted by molar-refractivity contribution is 1.10. The second-order valence-electron chi connectivity index (χ2n) is 4.01. The van der Waals surface area contributed by atoms with E-state index in [9.17, 15) is 0 Å². The third kappa shape index (κ3) is 2.54. The van der Waals surface area contributed by atoms with Crippen molar-refractivity contribution in [3.63, 3.8) is 0 Å². The maximum absolute atomic E-state index is 5.72. The van der Waals surface area contributed by atoms with Crippen LogP contribution in [0.25, 0.3) is 10.2 Å². The third-order valence-electron chi connectivity index (χ3n) is 2.75. The summed E-state index contributed by atoms with van der Waals surface area (Å²) in [4.78, 5) is 9.37. The Kier molecular flexibility index (Phi) is 3.35. The quantitative estimate of drug-likeness (QED) is 0.767. The minimum Gasteiger partial charge on any atom is -0.368 e. The fraction of sp³-hybridized carbons (Fsp3) is 0.0769. The first-order valence-electron chi connectivity index (χ1n) is 5.72. The van der Waals surface area contributed by atoms with Crippen LogP contribution in [0, 0.1) is 0 Å². The number of thiophene rings is 1. The molecule has 0 aliphatic carbocycles. The summed E-state index contributed by atoms with van der Waals surface area (Å²) in [6.07, 6.45) is 0. The molecule has 0 aliphatic heterocycles. The van der Waals surface area contributed by atoms with E-state index in [-0.39, 0.29) is 0 Å². The molecule has 19 heavy (non-hydrogen) atoms. The van der Waals surface area contributed by atoms with Gasteiger partial charge in [-0.15, -0.1) is 11.3 Å². The highest BCUT2D eigenvalue weighted by atomic mass is 79.9. The average molecular weight is 335 g/mol. The maximum atomic E-state index is 5.72. The summed E-state index contributed by atoms with van der Waals surface area (Å²) in [6, 6.07) is 10.1. The summed E-state index contributed by atoms with van der Waals surface area (Å²) in [6.45, 7) is 0.683. The highest BCUT2D eigenvalue weighted by Crippen LogP contribution is 2.26. The normalized spacial score (nSPS) is 10.8. The number of nitrogens with two attached hydrogens (primary N) is 1. The molecule has 3 rings (SSSR count). The Balaban J connectivity index is 1.90. The number of hydrogen-bond acceptors (Lipinski definition) is 5. The summed E-state index contributed by atoms with van der Waals surface area (Å²) < 4.78 is 1.08. The number of anilines is 2. The standard InChI is InChI=1S/C13H11BrN4S/c14-10-4-2-1-3-8(10)7-16-11-9-5-6-19-12(9)18-13(15)17-11/h1-6H,7H2,(H3,15,16,17,18). The van der Waals surface area contributed by atoms with Gasteiger partial charge in [-0.25, -0.2) is 4.98 Å². The number of benzene rings is 1. The van der Waals surface area contributed by atoms with Crippen LogP contribution in [-0.4, -0.2) is 9.97 Å². The molecule has 6 heteroatoms. The van der Waals surface area contributed by atoms with Crippen molar-refractivity contribution in [2.45, 2.75) is 6.54 Å². The number of nitrogens with zero attached hydrogens (tertiary/aromatic N) is 2. The van der Waals surface area contributed by atoms with Crippen LogP contribution in [0.3, 0.4) is 0 Å². The lowest BCUT2D eigenvalue weighted by atomic mass is 10.2. The Bertz CT molecular complexity index is 725. The van der Waals surface area contributed by atoms with Gasteiger partial charge in [-0.3, -0.25) is 0 Å². The Morgan fingerprint density at radius 1 is 1.21 bits per heavy atom. The summed E-state index contributed by atoms with van der Waals surface area (Å²) >= 11 is 5.09. The van der Waals surface area contributed by atoms with Gasteiger partial charge in [0.15, 0.2) is 0 Å². The zero-order chi connectivity index (χ0) is 13.2. The lowest BCUT2D eigenvalue weighted by Gasteiger charge is -2.08. The van der Waals surface area contributed by atoms with Crippen LogP contribution in [0.4, 0.5) is 11.8 Å². The molecule has 4 nitrogen and oxygen atoms in total. The predicted molar refractivity (Wildman–Crippen MR) is 83.3 cm³/mol. The molecular formula is C13H11BrN4S. The number of nitrogen functional groups attached to an aromatic ring is 1. The van der Waals surface area contributed by atoms with Gasteiger partial charge >= 0.3 is 0 Å². The molecule has 2 aromatic heterocycles. The molecule has 0 amide bonds. The zero-order valence-electron chi connectivity index (χ0n) is 9.93. The summed E-state index contributed by atoms with van der Waals surface area (Å²) in [7, 11) is 0. The van der Waals surface area contributed by atoms with E-state index in [1.54, 1.807) is 11.3 Å². The molecule has 0 aliphatic rings. The van der Waals surface area contributed by atoms with Crippen molar-refractivity contribution in [2.24, 2.45) is 0 Å². The van der Waals surface area contributed by atoms with Crippen molar-refractivity contribution >= 4 is 49.2 Å². The number of hydrogen-bond donors (Lipinski definition) is 2. The van der Waals surface area contributed by atoms with E-state index in [2.05, 4.69) is 37.3 Å². The number of halogens is 1. The second kappa shape index (κ2) is 5.14. The third-order valence-corrected chi connectivity index (χ3v) is 4.33. The topological polar surface area (TPSA) is 63.8 Å². The fourth-order valence-corrected chi connectivity index (χ4v) is 3.02. The Labute approximate surface area is 122 Å². The molecule has 0 spiro atoms. The second-order valence-corrected chi connectivity index (χ2v) is 5.76. The van der Waals surface area contributed by atoms with Gasteiger partial charge in [-0.2, -0.15) is 4.98 Å². The molecule has 0 saturated carbocycles. The van der Waals surface area contributed by atoms with Crippen LogP contribution in [0.2, 0.25) is 0 Å². The summed E-state index contributed by atoms with van der Waals surface area (Å²) in [5.41, 5.74) is 6.89. The summed E-state index contributed by atoms with van der Waals surface area (Å²) in [5, 5.41) is 6.31. The highest BCUT2D eigenvalue weighted by Gasteiger charge is 2.07. The fourth-order valence-electron chi connectivity index (χ4n) is 1.83. The van der Waals surface area contributed by atoms with Gasteiger partial charge < -0.3 is 11.1 Å². The Hall–Kier alpha value is -1.66. The first-order chi connectivity index (χ1) is 9.24. The van der Waals surface area contributed by atoms with Gasteiger partial charge in [0.25, 0.3) is 0 Å². The molecule has 0 bridgehead atoms. The van der Waals surface area contributed by atoms with Crippen LogP contribution in [0.1, 0.15) is 5.56 Å². The van der Waals surface area contributed by atoms with Crippen molar-refractivity contribution in [1.29, 1.82) is 0 Å². The monoisotopic (exact) mass is 334 g/mol. The van der Waals surface area contributed by atoms with Crippen LogP contribution in [0.15, 0.2) is 40.2 Å². The van der Waals surface area contributed by atoms with Gasteiger partial charge in [0.1, 0.15) is 10.6 Å². The van der Waals surface area contributed by atoms with E-state index >= 15 is 0 Å². The first-order valence-corrected chi connectivity index (χ1v) is 7.39. The van der Waals surface area contributed by atoms with Gasteiger partial charge in [0.05, 0.1) is 5.39 Å². The number of rotatable bonds is 3. The van der Waals surface area contributed by atoms with Gasteiger partial charge in [-0.05, 0) is 23.1 Å². The van der Waals surface area contributed by atoms with E-state index < -0.39 is 0 Å². The van der Waals surface area contributed by atoms with Crippen LogP contribution in [-0.2, 0) is 6.54 Å². The highest BCUT2D eigenvalue weighted by molar-refractivity contribution is 9.10.